The summed E-state index contributed by atoms with van der Waals surface area (Å²) in [6.07, 6.45) is 1.99. The molecule has 5 nitrogen and oxygen atoms in total. The Labute approximate surface area is 102 Å². The molecule has 0 aromatic heterocycles. The minimum Gasteiger partial charge on any atom is -0.481 e. The van der Waals surface area contributed by atoms with Gasteiger partial charge >= 0.3 is 12.0 Å². The first-order valence-corrected chi connectivity index (χ1v) is 5.96. The Bertz CT molecular complexity index is 324. The third-order valence-corrected chi connectivity index (χ3v) is 3.41. The van der Waals surface area contributed by atoms with Crippen LogP contribution in [0.5, 0.6) is 0 Å². The van der Waals surface area contributed by atoms with Crippen molar-refractivity contribution in [3.05, 3.63) is 0 Å². The van der Waals surface area contributed by atoms with Crippen molar-refractivity contribution >= 4 is 12.0 Å². The molecule has 17 heavy (non-hydrogen) atoms. The number of nitrogens with one attached hydrogen (secondary N) is 1. The largest absolute Gasteiger partial charge is 0.481 e. The van der Waals surface area contributed by atoms with Crippen molar-refractivity contribution in [2.75, 3.05) is 13.1 Å². The highest BCUT2D eigenvalue weighted by molar-refractivity contribution is 5.78. The monoisotopic (exact) mass is 242 g/mol. The first-order valence-electron chi connectivity index (χ1n) is 5.96. The topological polar surface area (TPSA) is 69.6 Å². The summed E-state index contributed by atoms with van der Waals surface area (Å²) >= 11 is 0. The van der Waals surface area contributed by atoms with Crippen molar-refractivity contribution in [3.8, 4) is 0 Å². The van der Waals surface area contributed by atoms with Crippen molar-refractivity contribution < 1.29 is 14.7 Å². The Morgan fingerprint density at radius 3 is 2.41 bits per heavy atom. The molecule has 1 fully saturated rings. The van der Waals surface area contributed by atoms with Crippen LogP contribution in [0.1, 0.15) is 40.5 Å². The Kier molecular flexibility index (Phi) is 3.69. The zero-order valence-electron chi connectivity index (χ0n) is 11.0. The summed E-state index contributed by atoms with van der Waals surface area (Å²) < 4.78 is 0. The first-order chi connectivity index (χ1) is 7.67. The molecule has 0 atom stereocenters. The van der Waals surface area contributed by atoms with E-state index in [-0.39, 0.29) is 18.1 Å². The van der Waals surface area contributed by atoms with Crippen LogP contribution in [0.4, 0.5) is 4.79 Å². The van der Waals surface area contributed by atoms with Crippen LogP contribution in [0.3, 0.4) is 0 Å². The molecule has 1 saturated heterocycles. The smallest absolute Gasteiger partial charge is 0.317 e. The molecule has 5 heteroatoms. The Balaban J connectivity index is 2.54. The number of nitrogens with zero attached hydrogens (tertiary/aromatic N) is 1. The van der Waals surface area contributed by atoms with Gasteiger partial charge in [0.15, 0.2) is 0 Å². The number of carbonyl (C=O) groups excluding carboxylic acids is 1. The summed E-state index contributed by atoms with van der Waals surface area (Å²) in [4.78, 5) is 24.7. The van der Waals surface area contributed by atoms with E-state index in [1.807, 2.05) is 13.8 Å². The van der Waals surface area contributed by atoms with Crippen LogP contribution >= 0.6 is 0 Å². The van der Waals surface area contributed by atoms with E-state index >= 15 is 0 Å². The van der Waals surface area contributed by atoms with E-state index in [9.17, 15) is 9.59 Å². The van der Waals surface area contributed by atoms with Gasteiger partial charge in [0.2, 0.25) is 0 Å². The number of carbonyl (C=O) groups is 2. The fraction of sp³-hybridized carbons (Fsp3) is 0.833. The molecule has 1 aliphatic heterocycles. The van der Waals surface area contributed by atoms with Gasteiger partial charge in [-0.2, -0.15) is 0 Å². The minimum absolute atomic E-state index is 0.128. The molecule has 0 radical (unpaired) electrons. The lowest BCUT2D eigenvalue weighted by Crippen LogP contribution is -2.50. The molecule has 0 spiro atoms. The van der Waals surface area contributed by atoms with Crippen molar-refractivity contribution in [1.82, 2.24) is 10.2 Å². The van der Waals surface area contributed by atoms with Gasteiger partial charge in [0.25, 0.3) is 0 Å². The number of likely N-dealkylation sites (tertiary alicyclic amines) is 1. The standard InChI is InChI=1S/C12H22N2O3/c1-11(2,9(15)16)8-13-10(17)14-7-5-6-12(14,3)4/h5-8H2,1-4H3,(H,13,17)(H,15,16). The number of carboxylic acid groups (broad SMARTS) is 1. The van der Waals surface area contributed by atoms with E-state index in [4.69, 9.17) is 5.11 Å². The van der Waals surface area contributed by atoms with E-state index in [1.54, 1.807) is 18.7 Å². The molecule has 0 bridgehead atoms. The highest BCUT2D eigenvalue weighted by Crippen LogP contribution is 2.28. The zero-order valence-corrected chi connectivity index (χ0v) is 11.0. The first kappa shape index (κ1) is 13.8. The maximum absolute atomic E-state index is 12.0. The van der Waals surface area contributed by atoms with Gasteiger partial charge in [-0.15, -0.1) is 0 Å². The maximum Gasteiger partial charge on any atom is 0.317 e. The summed E-state index contributed by atoms with van der Waals surface area (Å²) in [5.74, 6) is -0.904. The number of carboxylic acids is 1. The number of hydrogen-bond donors (Lipinski definition) is 2. The number of aliphatic carboxylic acids is 1. The summed E-state index contributed by atoms with van der Waals surface area (Å²) in [5.41, 5.74) is -1.06. The molecule has 1 rings (SSSR count). The van der Waals surface area contributed by atoms with E-state index in [0.717, 1.165) is 19.4 Å². The highest BCUT2D eigenvalue weighted by Gasteiger charge is 2.36. The zero-order chi connectivity index (χ0) is 13.3. The second kappa shape index (κ2) is 4.55. The summed E-state index contributed by atoms with van der Waals surface area (Å²) in [7, 11) is 0. The lowest BCUT2D eigenvalue weighted by atomic mass is 9.94. The average Bonchev–Trinajstić information content (AvgIpc) is 2.54. The predicted octanol–water partition coefficient (Wildman–Crippen LogP) is 1.68. The fourth-order valence-electron chi connectivity index (χ4n) is 1.95. The lowest BCUT2D eigenvalue weighted by molar-refractivity contribution is -0.146. The van der Waals surface area contributed by atoms with Gasteiger partial charge in [-0.1, -0.05) is 0 Å². The molecule has 2 N–H and O–H groups in total. The summed E-state index contributed by atoms with van der Waals surface area (Å²) in [6.45, 7) is 8.15. The lowest BCUT2D eigenvalue weighted by Gasteiger charge is -2.32. The molecule has 0 aliphatic carbocycles. The third-order valence-electron chi connectivity index (χ3n) is 3.41. The predicted molar refractivity (Wildman–Crippen MR) is 64.8 cm³/mol. The molecule has 1 heterocycles. The van der Waals surface area contributed by atoms with Crippen LogP contribution < -0.4 is 5.32 Å². The second-order valence-electron chi connectivity index (χ2n) is 5.92. The average molecular weight is 242 g/mol. The molecule has 1 aliphatic rings. The van der Waals surface area contributed by atoms with Crippen molar-refractivity contribution in [3.63, 3.8) is 0 Å². The molecular formula is C12H22N2O3. The molecule has 2 amide bonds. The van der Waals surface area contributed by atoms with Gasteiger partial charge in [-0.3, -0.25) is 4.79 Å². The van der Waals surface area contributed by atoms with E-state index in [1.165, 1.54) is 0 Å². The maximum atomic E-state index is 12.0. The van der Waals surface area contributed by atoms with Gasteiger partial charge < -0.3 is 15.3 Å². The minimum atomic E-state index is -0.931. The van der Waals surface area contributed by atoms with Gasteiger partial charge in [-0.25, -0.2) is 4.79 Å². The summed E-state index contributed by atoms with van der Waals surface area (Å²) in [6, 6.07) is -0.165. The Morgan fingerprint density at radius 2 is 2.00 bits per heavy atom. The number of urea groups is 1. The van der Waals surface area contributed by atoms with E-state index in [0.29, 0.717) is 0 Å². The molecule has 0 aromatic rings. The quantitative estimate of drug-likeness (QED) is 0.791. The molecule has 0 aromatic carbocycles. The van der Waals surface area contributed by atoms with E-state index in [2.05, 4.69) is 5.32 Å². The highest BCUT2D eigenvalue weighted by atomic mass is 16.4. The van der Waals surface area contributed by atoms with Gasteiger partial charge in [-0.05, 0) is 40.5 Å². The van der Waals surface area contributed by atoms with Crippen molar-refractivity contribution in [2.45, 2.75) is 46.1 Å². The number of amides is 2. The summed E-state index contributed by atoms with van der Waals surface area (Å²) in [5, 5.41) is 11.7. The fourth-order valence-corrected chi connectivity index (χ4v) is 1.95. The number of hydrogen-bond acceptors (Lipinski definition) is 2. The van der Waals surface area contributed by atoms with Crippen LogP contribution in [0.25, 0.3) is 0 Å². The van der Waals surface area contributed by atoms with Crippen molar-refractivity contribution in [1.29, 1.82) is 0 Å². The molecule has 0 unspecified atom stereocenters. The van der Waals surface area contributed by atoms with E-state index < -0.39 is 11.4 Å². The molecule has 98 valence electrons. The van der Waals surface area contributed by atoms with Crippen LogP contribution in [0, 0.1) is 5.41 Å². The Morgan fingerprint density at radius 1 is 1.41 bits per heavy atom. The molecule has 0 saturated carbocycles. The normalized spacial score (nSPS) is 19.2. The van der Waals surface area contributed by atoms with Gasteiger partial charge in [0.1, 0.15) is 0 Å². The van der Waals surface area contributed by atoms with Crippen LogP contribution in [0.2, 0.25) is 0 Å². The Hall–Kier alpha value is -1.26. The van der Waals surface area contributed by atoms with Crippen LogP contribution in [-0.2, 0) is 4.79 Å². The number of rotatable bonds is 3. The third kappa shape index (κ3) is 3.11. The van der Waals surface area contributed by atoms with Crippen LogP contribution in [0.15, 0.2) is 0 Å². The van der Waals surface area contributed by atoms with Crippen molar-refractivity contribution in [2.24, 2.45) is 5.41 Å². The van der Waals surface area contributed by atoms with Gasteiger partial charge in [0, 0.05) is 18.6 Å². The van der Waals surface area contributed by atoms with Gasteiger partial charge in [0.05, 0.1) is 5.41 Å². The molecular weight excluding hydrogens is 220 g/mol. The SMILES string of the molecule is CC(C)(CNC(=O)N1CCCC1(C)C)C(=O)O. The second-order valence-corrected chi connectivity index (χ2v) is 5.92. The van der Waals surface area contributed by atoms with Crippen LogP contribution in [-0.4, -0.2) is 40.6 Å².